The van der Waals surface area contributed by atoms with Crippen LogP contribution in [0.4, 0.5) is 17.1 Å². The summed E-state index contributed by atoms with van der Waals surface area (Å²) in [7, 11) is 0. The third kappa shape index (κ3) is 4.62. The second-order valence-electron chi connectivity index (χ2n) is 16.5. The van der Waals surface area contributed by atoms with Gasteiger partial charge < -0.3 is 9.32 Å². The molecule has 2 aliphatic carbocycles. The minimum absolute atomic E-state index is 0.186. The average molecular weight is 720 g/mol. The van der Waals surface area contributed by atoms with Gasteiger partial charge in [0, 0.05) is 27.5 Å². The number of benzene rings is 8. The number of furan rings is 1. The fraction of sp³-hybridized carbons (Fsp3) is 0.111. The molecule has 0 radical (unpaired) electrons. The third-order valence-electron chi connectivity index (χ3n) is 12.7. The molecule has 0 fully saturated rings. The topological polar surface area (TPSA) is 16.4 Å². The van der Waals surface area contributed by atoms with Crippen molar-refractivity contribution in [3.05, 3.63) is 198 Å². The van der Waals surface area contributed by atoms with E-state index in [1.54, 1.807) is 0 Å². The number of nitrogens with zero attached hydrogens (tertiary/aromatic N) is 1. The maximum absolute atomic E-state index is 6.86. The Morgan fingerprint density at radius 1 is 0.411 bits per heavy atom. The van der Waals surface area contributed by atoms with Crippen molar-refractivity contribution in [2.75, 3.05) is 4.90 Å². The molecule has 268 valence electrons. The van der Waals surface area contributed by atoms with Gasteiger partial charge in [0.05, 0.1) is 16.8 Å². The first-order valence-electron chi connectivity index (χ1n) is 19.7. The van der Waals surface area contributed by atoms with Crippen LogP contribution in [0.15, 0.2) is 180 Å². The molecule has 0 unspecified atom stereocenters. The van der Waals surface area contributed by atoms with Crippen LogP contribution in [0.5, 0.6) is 0 Å². The Morgan fingerprint density at radius 3 is 1.88 bits per heavy atom. The lowest BCUT2D eigenvalue weighted by atomic mass is 9.80. The van der Waals surface area contributed by atoms with Crippen LogP contribution in [0.3, 0.4) is 0 Å². The van der Waals surface area contributed by atoms with Crippen molar-refractivity contribution in [3.8, 4) is 44.5 Å². The second kappa shape index (κ2) is 11.9. The summed E-state index contributed by atoms with van der Waals surface area (Å²) in [6, 6.07) is 64.4. The number of anilines is 3. The number of hydrogen-bond acceptors (Lipinski definition) is 2. The molecule has 2 aliphatic rings. The van der Waals surface area contributed by atoms with Gasteiger partial charge in [-0.2, -0.15) is 0 Å². The minimum atomic E-state index is -0.215. The van der Waals surface area contributed by atoms with E-state index in [9.17, 15) is 0 Å². The van der Waals surface area contributed by atoms with Crippen LogP contribution in [0.1, 0.15) is 49.9 Å². The van der Waals surface area contributed by atoms with Gasteiger partial charge in [0.15, 0.2) is 0 Å². The maximum Gasteiger partial charge on any atom is 0.143 e. The fourth-order valence-electron chi connectivity index (χ4n) is 9.96. The summed E-state index contributed by atoms with van der Waals surface area (Å²) in [5, 5.41) is 2.22. The molecule has 8 aromatic carbocycles. The van der Waals surface area contributed by atoms with Gasteiger partial charge in [-0.1, -0.05) is 167 Å². The summed E-state index contributed by atoms with van der Waals surface area (Å²) in [4.78, 5) is 2.52. The molecular formula is C54H41NO. The zero-order chi connectivity index (χ0) is 37.8. The summed E-state index contributed by atoms with van der Waals surface area (Å²) in [5.74, 6) is 0. The zero-order valence-electron chi connectivity index (χ0n) is 32.1. The smallest absolute Gasteiger partial charge is 0.143 e. The SMILES string of the molecule is CC1(C)c2ccc(-c3ccccc3)cc2-c2ccc(N(c3cccc4c3C(C)(C)c3ccccc3-4)c3cccc4oc5c(-c6ccccc6)cccc5c34)cc21. The molecule has 0 amide bonds. The van der Waals surface area contributed by atoms with Crippen LogP contribution in [0, 0.1) is 0 Å². The highest BCUT2D eigenvalue weighted by molar-refractivity contribution is 6.16. The zero-order valence-corrected chi connectivity index (χ0v) is 32.1. The van der Waals surface area contributed by atoms with Crippen LogP contribution in [0.25, 0.3) is 66.4 Å². The number of para-hydroxylation sites is 1. The molecule has 9 aromatic rings. The van der Waals surface area contributed by atoms with E-state index in [4.69, 9.17) is 4.42 Å². The number of fused-ring (bicyclic) bond motifs is 9. The first kappa shape index (κ1) is 32.8. The Kier molecular flexibility index (Phi) is 6.98. The number of rotatable bonds is 5. The lowest BCUT2D eigenvalue weighted by Crippen LogP contribution is -2.21. The van der Waals surface area contributed by atoms with E-state index in [2.05, 4.69) is 209 Å². The van der Waals surface area contributed by atoms with Crippen LogP contribution in [-0.4, -0.2) is 0 Å². The van der Waals surface area contributed by atoms with E-state index in [1.165, 1.54) is 61.3 Å². The average Bonchev–Trinajstić information content (AvgIpc) is 3.82. The molecule has 2 heteroatoms. The number of hydrogen-bond donors (Lipinski definition) is 0. The lowest BCUT2D eigenvalue weighted by Gasteiger charge is -2.33. The molecule has 0 spiro atoms. The molecule has 0 saturated carbocycles. The summed E-state index contributed by atoms with van der Waals surface area (Å²) in [6.45, 7) is 9.52. The summed E-state index contributed by atoms with van der Waals surface area (Å²) in [5.41, 5.74) is 20.2. The first-order valence-corrected chi connectivity index (χ1v) is 19.7. The Bertz CT molecular complexity index is 3020. The largest absolute Gasteiger partial charge is 0.455 e. The van der Waals surface area contributed by atoms with Gasteiger partial charge in [-0.3, -0.25) is 0 Å². The van der Waals surface area contributed by atoms with Crippen LogP contribution in [-0.2, 0) is 10.8 Å². The molecule has 0 aliphatic heterocycles. The lowest BCUT2D eigenvalue weighted by molar-refractivity contribution is 0.658. The van der Waals surface area contributed by atoms with Gasteiger partial charge in [0.2, 0.25) is 0 Å². The molecule has 56 heavy (non-hydrogen) atoms. The molecule has 0 N–H and O–H groups in total. The second-order valence-corrected chi connectivity index (χ2v) is 16.5. The third-order valence-corrected chi connectivity index (χ3v) is 12.7. The fourth-order valence-corrected chi connectivity index (χ4v) is 9.96. The summed E-state index contributed by atoms with van der Waals surface area (Å²) >= 11 is 0. The Morgan fingerprint density at radius 2 is 1.05 bits per heavy atom. The summed E-state index contributed by atoms with van der Waals surface area (Å²) < 4.78 is 6.86. The highest BCUT2D eigenvalue weighted by Crippen LogP contribution is 2.57. The predicted octanol–water partition coefficient (Wildman–Crippen LogP) is 15.0. The van der Waals surface area contributed by atoms with Gasteiger partial charge in [0.1, 0.15) is 11.2 Å². The Labute approximate surface area is 328 Å². The van der Waals surface area contributed by atoms with Gasteiger partial charge >= 0.3 is 0 Å². The Balaban J connectivity index is 1.17. The van der Waals surface area contributed by atoms with Crippen LogP contribution in [0.2, 0.25) is 0 Å². The van der Waals surface area contributed by atoms with Crippen molar-refractivity contribution in [1.82, 2.24) is 0 Å². The molecule has 0 bridgehead atoms. The van der Waals surface area contributed by atoms with Crippen molar-refractivity contribution in [2.45, 2.75) is 38.5 Å². The summed E-state index contributed by atoms with van der Waals surface area (Å²) in [6.07, 6.45) is 0. The highest BCUT2D eigenvalue weighted by atomic mass is 16.3. The molecule has 2 nitrogen and oxygen atoms in total. The minimum Gasteiger partial charge on any atom is -0.455 e. The van der Waals surface area contributed by atoms with E-state index in [0.717, 1.165) is 44.4 Å². The van der Waals surface area contributed by atoms with E-state index in [-0.39, 0.29) is 10.8 Å². The molecule has 11 rings (SSSR count). The van der Waals surface area contributed by atoms with Crippen LogP contribution < -0.4 is 4.90 Å². The van der Waals surface area contributed by atoms with E-state index >= 15 is 0 Å². The quantitative estimate of drug-likeness (QED) is 0.176. The van der Waals surface area contributed by atoms with Gasteiger partial charge in [-0.15, -0.1) is 0 Å². The molecule has 1 aromatic heterocycles. The maximum atomic E-state index is 6.86. The molecule has 0 saturated heterocycles. The van der Waals surface area contributed by atoms with E-state index in [1.807, 2.05) is 0 Å². The van der Waals surface area contributed by atoms with E-state index < -0.39 is 0 Å². The van der Waals surface area contributed by atoms with E-state index in [0.29, 0.717) is 0 Å². The van der Waals surface area contributed by atoms with Crippen molar-refractivity contribution in [3.63, 3.8) is 0 Å². The standard InChI is InChI=1S/C54H41NO/c1-53(2)45-31-28-36(34-16-7-5-8-17-34)32-43(45)40-30-29-37(33-46(40)53)55(48-26-14-22-41-39-20-11-12-24-44(39)54(3,4)51(41)48)47-25-15-27-49-50(47)42-23-13-21-38(52(42)56-49)35-18-9-6-10-19-35/h5-33H,1-4H3. The monoisotopic (exact) mass is 719 g/mol. The molecule has 0 atom stereocenters. The molecule has 1 heterocycles. The van der Waals surface area contributed by atoms with Gasteiger partial charge in [0.25, 0.3) is 0 Å². The molecular weight excluding hydrogens is 679 g/mol. The van der Waals surface area contributed by atoms with Crippen molar-refractivity contribution in [2.24, 2.45) is 0 Å². The first-order chi connectivity index (χ1) is 27.3. The van der Waals surface area contributed by atoms with Crippen molar-refractivity contribution >= 4 is 39.0 Å². The van der Waals surface area contributed by atoms with Crippen molar-refractivity contribution < 1.29 is 4.42 Å². The van der Waals surface area contributed by atoms with Gasteiger partial charge in [-0.25, -0.2) is 0 Å². The normalized spacial score (nSPS) is 14.4. The van der Waals surface area contributed by atoms with Crippen molar-refractivity contribution in [1.29, 1.82) is 0 Å². The Hall–Kier alpha value is -6.64. The highest BCUT2D eigenvalue weighted by Gasteiger charge is 2.40. The van der Waals surface area contributed by atoms with Gasteiger partial charge in [-0.05, 0) is 97.6 Å². The van der Waals surface area contributed by atoms with Crippen LogP contribution >= 0.6 is 0 Å². The predicted molar refractivity (Wildman–Crippen MR) is 234 cm³/mol.